The Kier molecular flexibility index (Phi) is 2.78. The topological polar surface area (TPSA) is 53.1 Å². The summed E-state index contributed by atoms with van der Waals surface area (Å²) in [5.74, 6) is -0.221. The van der Waals surface area contributed by atoms with Crippen LogP contribution in [0.15, 0.2) is 24.4 Å². The van der Waals surface area contributed by atoms with E-state index >= 15 is 0 Å². The SMILES string of the molecule is O=C(O)CC(c1ccc2[nH]ccc2c1Cl)C1CC1. The predicted molar refractivity (Wildman–Crippen MR) is 71.0 cm³/mol. The highest BCUT2D eigenvalue weighted by molar-refractivity contribution is 6.36. The first kappa shape index (κ1) is 11.6. The summed E-state index contributed by atoms with van der Waals surface area (Å²) in [4.78, 5) is 14.1. The number of nitrogens with one attached hydrogen (secondary N) is 1. The Hall–Kier alpha value is -1.48. The second kappa shape index (κ2) is 4.32. The average molecular weight is 264 g/mol. The van der Waals surface area contributed by atoms with Gasteiger partial charge in [0.05, 0.1) is 11.4 Å². The number of aromatic nitrogens is 1. The van der Waals surface area contributed by atoms with E-state index in [9.17, 15) is 4.79 Å². The fourth-order valence-corrected chi connectivity index (χ4v) is 2.98. The van der Waals surface area contributed by atoms with Crippen LogP contribution in [0, 0.1) is 5.92 Å². The van der Waals surface area contributed by atoms with E-state index in [1.165, 1.54) is 0 Å². The molecule has 18 heavy (non-hydrogen) atoms. The van der Waals surface area contributed by atoms with Crippen molar-refractivity contribution in [1.29, 1.82) is 0 Å². The van der Waals surface area contributed by atoms with Crippen LogP contribution in [0.2, 0.25) is 5.02 Å². The van der Waals surface area contributed by atoms with Gasteiger partial charge in [-0.1, -0.05) is 17.7 Å². The number of H-pyrrole nitrogens is 1. The normalized spacial score (nSPS) is 16.9. The van der Waals surface area contributed by atoms with Crippen molar-refractivity contribution in [2.45, 2.75) is 25.2 Å². The number of rotatable bonds is 4. The summed E-state index contributed by atoms with van der Waals surface area (Å²) < 4.78 is 0. The molecule has 2 N–H and O–H groups in total. The van der Waals surface area contributed by atoms with Crippen LogP contribution in [-0.2, 0) is 4.79 Å². The molecule has 1 heterocycles. The number of carboxylic acid groups (broad SMARTS) is 1. The van der Waals surface area contributed by atoms with Gasteiger partial charge in [-0.25, -0.2) is 0 Å². The van der Waals surface area contributed by atoms with Crippen LogP contribution < -0.4 is 0 Å². The molecule has 1 aliphatic rings. The Morgan fingerprint density at radius 1 is 1.44 bits per heavy atom. The van der Waals surface area contributed by atoms with Gasteiger partial charge in [-0.2, -0.15) is 0 Å². The van der Waals surface area contributed by atoms with Crippen LogP contribution in [0.5, 0.6) is 0 Å². The molecule has 1 fully saturated rings. The van der Waals surface area contributed by atoms with E-state index in [-0.39, 0.29) is 12.3 Å². The summed E-state index contributed by atoms with van der Waals surface area (Å²) in [5, 5.41) is 10.7. The van der Waals surface area contributed by atoms with E-state index in [0.29, 0.717) is 10.9 Å². The third kappa shape index (κ3) is 1.99. The van der Waals surface area contributed by atoms with E-state index in [4.69, 9.17) is 16.7 Å². The lowest BCUT2D eigenvalue weighted by molar-refractivity contribution is -0.137. The van der Waals surface area contributed by atoms with Gasteiger partial charge in [-0.05, 0) is 42.4 Å². The summed E-state index contributed by atoms with van der Waals surface area (Å²) in [6.45, 7) is 0. The Labute approximate surface area is 110 Å². The van der Waals surface area contributed by atoms with Gasteiger partial charge >= 0.3 is 5.97 Å². The van der Waals surface area contributed by atoms with E-state index < -0.39 is 5.97 Å². The molecular weight excluding hydrogens is 250 g/mol. The first-order chi connectivity index (χ1) is 8.66. The van der Waals surface area contributed by atoms with Crippen LogP contribution in [-0.4, -0.2) is 16.1 Å². The molecule has 3 nitrogen and oxygen atoms in total. The zero-order valence-electron chi connectivity index (χ0n) is 9.82. The molecule has 0 aliphatic heterocycles. The molecule has 1 aliphatic carbocycles. The molecule has 1 atom stereocenters. The number of aliphatic carboxylic acids is 1. The first-order valence-electron chi connectivity index (χ1n) is 6.14. The number of carbonyl (C=O) groups is 1. The van der Waals surface area contributed by atoms with Crippen molar-refractivity contribution in [2.24, 2.45) is 5.92 Å². The number of carboxylic acids is 1. The minimum atomic E-state index is -0.753. The largest absolute Gasteiger partial charge is 0.481 e. The van der Waals surface area contributed by atoms with Crippen LogP contribution >= 0.6 is 11.6 Å². The molecule has 0 spiro atoms. The summed E-state index contributed by atoms with van der Waals surface area (Å²) in [6.07, 6.45) is 4.24. The van der Waals surface area contributed by atoms with Gasteiger partial charge in [0.15, 0.2) is 0 Å². The number of hydrogen-bond acceptors (Lipinski definition) is 1. The summed E-state index contributed by atoms with van der Waals surface area (Å²) in [7, 11) is 0. The van der Waals surface area contributed by atoms with Crippen LogP contribution in [0.25, 0.3) is 10.9 Å². The fourth-order valence-electron chi connectivity index (χ4n) is 2.62. The van der Waals surface area contributed by atoms with E-state index in [1.54, 1.807) is 0 Å². The van der Waals surface area contributed by atoms with Crippen molar-refractivity contribution in [2.75, 3.05) is 0 Å². The Morgan fingerprint density at radius 2 is 2.22 bits per heavy atom. The minimum Gasteiger partial charge on any atom is -0.481 e. The van der Waals surface area contributed by atoms with Gasteiger partial charge in [0, 0.05) is 17.1 Å². The van der Waals surface area contributed by atoms with Crippen molar-refractivity contribution >= 4 is 28.5 Å². The van der Waals surface area contributed by atoms with Crippen LogP contribution in [0.1, 0.15) is 30.7 Å². The molecule has 1 aromatic heterocycles. The number of aromatic amines is 1. The van der Waals surface area contributed by atoms with Crippen molar-refractivity contribution in [1.82, 2.24) is 4.98 Å². The molecule has 1 unspecified atom stereocenters. The molecule has 1 saturated carbocycles. The number of hydrogen-bond donors (Lipinski definition) is 2. The maximum Gasteiger partial charge on any atom is 0.303 e. The number of halogens is 1. The van der Waals surface area contributed by atoms with E-state index in [0.717, 1.165) is 29.3 Å². The van der Waals surface area contributed by atoms with E-state index in [2.05, 4.69) is 4.98 Å². The van der Waals surface area contributed by atoms with Crippen LogP contribution in [0.3, 0.4) is 0 Å². The highest BCUT2D eigenvalue weighted by Crippen LogP contribution is 2.47. The third-order valence-corrected chi connectivity index (χ3v) is 4.11. The second-order valence-electron chi connectivity index (χ2n) is 4.95. The monoisotopic (exact) mass is 263 g/mol. The van der Waals surface area contributed by atoms with Crippen molar-refractivity contribution in [3.8, 4) is 0 Å². The number of fused-ring (bicyclic) bond motifs is 1. The number of benzene rings is 1. The van der Waals surface area contributed by atoms with Gasteiger partial charge < -0.3 is 10.1 Å². The maximum absolute atomic E-state index is 11.0. The lowest BCUT2D eigenvalue weighted by atomic mass is 9.90. The molecule has 0 radical (unpaired) electrons. The third-order valence-electron chi connectivity index (χ3n) is 3.68. The molecule has 0 bridgehead atoms. The van der Waals surface area contributed by atoms with Gasteiger partial charge in [0.25, 0.3) is 0 Å². The molecule has 4 heteroatoms. The average Bonchev–Trinajstić information content (AvgIpc) is 3.05. The lowest BCUT2D eigenvalue weighted by Gasteiger charge is -2.16. The van der Waals surface area contributed by atoms with Crippen molar-refractivity contribution in [3.63, 3.8) is 0 Å². The van der Waals surface area contributed by atoms with E-state index in [1.807, 2.05) is 24.4 Å². The Morgan fingerprint density at radius 3 is 2.89 bits per heavy atom. The molecule has 1 aromatic carbocycles. The van der Waals surface area contributed by atoms with Gasteiger partial charge in [0.2, 0.25) is 0 Å². The predicted octanol–water partition coefficient (Wildman–Crippen LogP) is 3.79. The Balaban J connectivity index is 2.05. The second-order valence-corrected chi connectivity index (χ2v) is 5.33. The van der Waals surface area contributed by atoms with Crippen LogP contribution in [0.4, 0.5) is 0 Å². The first-order valence-corrected chi connectivity index (χ1v) is 6.52. The molecular formula is C14H14ClNO2. The zero-order valence-corrected chi connectivity index (χ0v) is 10.6. The fraction of sp³-hybridized carbons (Fsp3) is 0.357. The maximum atomic E-state index is 11.0. The van der Waals surface area contributed by atoms with Crippen molar-refractivity contribution in [3.05, 3.63) is 35.0 Å². The van der Waals surface area contributed by atoms with Gasteiger partial charge in [0.1, 0.15) is 0 Å². The zero-order chi connectivity index (χ0) is 12.7. The molecule has 3 rings (SSSR count). The summed E-state index contributed by atoms with van der Waals surface area (Å²) in [5.41, 5.74) is 1.97. The van der Waals surface area contributed by atoms with Crippen molar-refractivity contribution < 1.29 is 9.90 Å². The summed E-state index contributed by atoms with van der Waals surface area (Å²) in [6, 6.07) is 5.88. The molecule has 0 saturated heterocycles. The molecule has 2 aromatic rings. The smallest absolute Gasteiger partial charge is 0.303 e. The van der Waals surface area contributed by atoms with Gasteiger partial charge in [-0.3, -0.25) is 4.79 Å². The molecule has 0 amide bonds. The lowest BCUT2D eigenvalue weighted by Crippen LogP contribution is -2.09. The standard InChI is InChI=1S/C14H14ClNO2/c15-14-9(3-4-12-10(14)5-6-16-12)11(7-13(17)18)8-1-2-8/h3-6,8,11,16H,1-2,7H2,(H,17,18). The Bertz CT molecular complexity index is 601. The highest BCUT2D eigenvalue weighted by Gasteiger charge is 2.35. The van der Waals surface area contributed by atoms with Gasteiger partial charge in [-0.15, -0.1) is 0 Å². The quantitative estimate of drug-likeness (QED) is 0.882. The molecule has 94 valence electrons. The minimum absolute atomic E-state index is 0.0503. The highest BCUT2D eigenvalue weighted by atomic mass is 35.5. The summed E-state index contributed by atoms with van der Waals surface area (Å²) >= 11 is 6.42.